The summed E-state index contributed by atoms with van der Waals surface area (Å²) in [7, 11) is 0. The summed E-state index contributed by atoms with van der Waals surface area (Å²) in [4.78, 5) is 32.8. The van der Waals surface area contributed by atoms with E-state index in [2.05, 4.69) is 4.74 Å². The van der Waals surface area contributed by atoms with Crippen molar-refractivity contribution in [2.45, 2.75) is 0 Å². The first kappa shape index (κ1) is 11.8. The molecule has 0 radical (unpaired) electrons. The molecule has 5 heteroatoms. The zero-order chi connectivity index (χ0) is 13.1. The molecule has 2 aromatic rings. The number of rotatable bonds is 3. The molecule has 0 aromatic heterocycles. The zero-order valence-electron chi connectivity index (χ0n) is 9.12. The lowest BCUT2D eigenvalue weighted by molar-refractivity contribution is -0.123. The Labute approximate surface area is 102 Å². The van der Waals surface area contributed by atoms with Crippen molar-refractivity contribution in [3.8, 4) is 0 Å². The lowest BCUT2D eigenvalue weighted by Crippen LogP contribution is -2.06. The summed E-state index contributed by atoms with van der Waals surface area (Å²) in [5.74, 6) is -1.89. The van der Waals surface area contributed by atoms with Crippen LogP contribution in [0.5, 0.6) is 0 Å². The average Bonchev–Trinajstić information content (AvgIpc) is 2.37. The third kappa shape index (κ3) is 1.93. The Morgan fingerprint density at radius 2 is 1.56 bits per heavy atom. The minimum Gasteiger partial charge on any atom is -0.478 e. The highest BCUT2D eigenvalue weighted by Gasteiger charge is 2.15. The molecule has 0 amide bonds. The molecule has 0 unspecified atom stereocenters. The van der Waals surface area contributed by atoms with Gasteiger partial charge >= 0.3 is 18.4 Å². The molecule has 0 saturated heterocycles. The molecule has 0 bridgehead atoms. The third-order valence-electron chi connectivity index (χ3n) is 2.53. The molecule has 0 atom stereocenters. The first-order valence-corrected chi connectivity index (χ1v) is 5.05. The average molecular weight is 244 g/mol. The Hall–Kier alpha value is -2.69. The smallest absolute Gasteiger partial charge is 0.346 e. The number of esters is 1. The maximum atomic E-state index is 11.5. The molecule has 0 aliphatic carbocycles. The third-order valence-corrected chi connectivity index (χ3v) is 2.53. The molecule has 5 nitrogen and oxygen atoms in total. The van der Waals surface area contributed by atoms with Crippen LogP contribution in [0.4, 0.5) is 0 Å². The van der Waals surface area contributed by atoms with Crippen molar-refractivity contribution in [3.05, 3.63) is 47.5 Å². The van der Waals surface area contributed by atoms with Gasteiger partial charge in [-0.2, -0.15) is 0 Å². The largest absolute Gasteiger partial charge is 0.478 e. The molecule has 0 aliphatic heterocycles. The number of hydrogen-bond acceptors (Lipinski definition) is 4. The fourth-order valence-corrected chi connectivity index (χ4v) is 1.77. The number of ether oxygens (including phenoxy) is 1. The number of hydrogen-bond donors (Lipinski definition) is 1. The quantitative estimate of drug-likeness (QED) is 0.506. The number of aromatic carboxylic acids is 1. The first-order valence-electron chi connectivity index (χ1n) is 5.05. The highest BCUT2D eigenvalue weighted by atomic mass is 16.6. The molecular formula is C13H8O5. The van der Waals surface area contributed by atoms with E-state index in [1.165, 1.54) is 12.1 Å². The van der Waals surface area contributed by atoms with Crippen LogP contribution in [0.2, 0.25) is 0 Å². The van der Waals surface area contributed by atoms with Crippen LogP contribution >= 0.6 is 0 Å². The number of carbonyl (C=O) groups excluding carboxylic acids is 2. The van der Waals surface area contributed by atoms with Gasteiger partial charge in [-0.15, -0.1) is 0 Å². The lowest BCUT2D eigenvalue weighted by Gasteiger charge is -2.06. The number of carboxylic acids is 1. The molecule has 0 aliphatic rings. The van der Waals surface area contributed by atoms with E-state index in [1.807, 2.05) is 0 Å². The van der Waals surface area contributed by atoms with Gasteiger partial charge in [0.15, 0.2) is 0 Å². The van der Waals surface area contributed by atoms with Crippen LogP contribution in [0.15, 0.2) is 36.4 Å². The second kappa shape index (κ2) is 4.67. The van der Waals surface area contributed by atoms with Crippen molar-refractivity contribution in [1.82, 2.24) is 0 Å². The lowest BCUT2D eigenvalue weighted by atomic mass is 9.99. The van der Waals surface area contributed by atoms with Gasteiger partial charge < -0.3 is 9.84 Å². The Morgan fingerprint density at radius 1 is 1.00 bits per heavy atom. The second-order valence-electron chi connectivity index (χ2n) is 3.51. The number of carbonyl (C=O) groups is 3. The molecule has 1 N–H and O–H groups in total. The highest BCUT2D eigenvalue weighted by Crippen LogP contribution is 2.23. The van der Waals surface area contributed by atoms with Crippen molar-refractivity contribution in [2.24, 2.45) is 0 Å². The van der Waals surface area contributed by atoms with Gasteiger partial charge in [-0.3, -0.25) is 4.79 Å². The molecule has 0 spiro atoms. The van der Waals surface area contributed by atoms with Crippen LogP contribution in [0.3, 0.4) is 0 Å². The van der Waals surface area contributed by atoms with Gasteiger partial charge in [-0.1, -0.05) is 24.3 Å². The Kier molecular flexibility index (Phi) is 3.05. The van der Waals surface area contributed by atoms with Crippen molar-refractivity contribution in [1.29, 1.82) is 0 Å². The topological polar surface area (TPSA) is 80.7 Å². The fraction of sp³-hybridized carbons (Fsp3) is 0. The normalized spacial score (nSPS) is 10.0. The molecule has 90 valence electrons. The summed E-state index contributed by atoms with van der Waals surface area (Å²) >= 11 is 0. The minimum absolute atomic E-state index is 0.0439. The van der Waals surface area contributed by atoms with Gasteiger partial charge in [0, 0.05) is 0 Å². The van der Waals surface area contributed by atoms with E-state index in [0.29, 0.717) is 10.8 Å². The first-order chi connectivity index (χ1) is 8.65. The van der Waals surface area contributed by atoms with Gasteiger partial charge in [0.2, 0.25) is 0 Å². The molecule has 2 rings (SSSR count). The number of carboxylic acid groups (broad SMARTS) is 1. The predicted octanol–water partition coefficient (Wildman–Crippen LogP) is 1.85. The van der Waals surface area contributed by atoms with Crippen LogP contribution < -0.4 is 0 Å². The summed E-state index contributed by atoms with van der Waals surface area (Å²) in [5, 5.41) is 9.90. The van der Waals surface area contributed by atoms with Crippen LogP contribution in [-0.4, -0.2) is 23.5 Å². The fourth-order valence-electron chi connectivity index (χ4n) is 1.77. The van der Waals surface area contributed by atoms with Crippen LogP contribution in [0.25, 0.3) is 10.8 Å². The summed E-state index contributed by atoms with van der Waals surface area (Å²) in [6, 6.07) is 9.18. The van der Waals surface area contributed by atoms with Crippen molar-refractivity contribution >= 4 is 29.2 Å². The number of benzene rings is 2. The van der Waals surface area contributed by atoms with E-state index in [0.717, 1.165) is 0 Å². The molecular weight excluding hydrogens is 236 g/mol. The predicted molar refractivity (Wildman–Crippen MR) is 62.4 cm³/mol. The van der Waals surface area contributed by atoms with E-state index < -0.39 is 11.9 Å². The van der Waals surface area contributed by atoms with Crippen LogP contribution in [0.1, 0.15) is 20.7 Å². The van der Waals surface area contributed by atoms with Gasteiger partial charge in [-0.25, -0.2) is 9.59 Å². The van der Waals surface area contributed by atoms with E-state index >= 15 is 0 Å². The molecule has 2 aromatic carbocycles. The van der Waals surface area contributed by atoms with E-state index in [4.69, 9.17) is 5.11 Å². The maximum Gasteiger partial charge on any atom is 0.346 e. The standard InChI is InChI=1S/C13H8O5/c14-7-18-13(17)11-6-5-10(12(15)16)8-3-1-2-4-9(8)11/h1-7H,(H,15,16). The van der Waals surface area contributed by atoms with Crippen molar-refractivity contribution < 1.29 is 24.2 Å². The number of fused-ring (bicyclic) bond motifs is 1. The van der Waals surface area contributed by atoms with E-state index in [1.54, 1.807) is 24.3 Å². The molecule has 18 heavy (non-hydrogen) atoms. The highest BCUT2D eigenvalue weighted by molar-refractivity contribution is 6.12. The van der Waals surface area contributed by atoms with Gasteiger partial charge in [-0.05, 0) is 22.9 Å². The SMILES string of the molecule is O=COC(=O)c1ccc(C(=O)O)c2ccccc12. The van der Waals surface area contributed by atoms with Crippen LogP contribution in [-0.2, 0) is 9.53 Å². The van der Waals surface area contributed by atoms with E-state index in [9.17, 15) is 14.4 Å². The molecule has 0 saturated carbocycles. The summed E-state index contributed by atoms with van der Waals surface area (Å²) < 4.78 is 4.27. The van der Waals surface area contributed by atoms with Crippen molar-refractivity contribution in [2.75, 3.05) is 0 Å². The monoisotopic (exact) mass is 244 g/mol. The van der Waals surface area contributed by atoms with Gasteiger partial charge in [0.1, 0.15) is 0 Å². The van der Waals surface area contributed by atoms with Crippen molar-refractivity contribution in [3.63, 3.8) is 0 Å². The van der Waals surface area contributed by atoms with Gasteiger partial charge in [0.25, 0.3) is 0 Å². The van der Waals surface area contributed by atoms with Gasteiger partial charge in [0.05, 0.1) is 11.1 Å². The summed E-state index contributed by atoms with van der Waals surface area (Å²) in [6.45, 7) is 0.0439. The Balaban J connectivity index is 2.72. The molecule has 0 heterocycles. The molecule has 0 fully saturated rings. The summed E-state index contributed by atoms with van der Waals surface area (Å²) in [5.41, 5.74) is 0.246. The minimum atomic E-state index is -1.08. The Morgan fingerprint density at radius 3 is 2.11 bits per heavy atom. The summed E-state index contributed by atoms with van der Waals surface area (Å²) in [6.07, 6.45) is 0. The van der Waals surface area contributed by atoms with E-state index in [-0.39, 0.29) is 17.6 Å². The Bertz CT molecular complexity index is 645. The second-order valence-corrected chi connectivity index (χ2v) is 3.51. The maximum absolute atomic E-state index is 11.5. The van der Waals surface area contributed by atoms with Crippen LogP contribution in [0, 0.1) is 0 Å². The zero-order valence-corrected chi connectivity index (χ0v) is 9.12.